The number of allylic oxidation sites excluding steroid dienone is 2. The molecule has 0 bridgehead atoms. The summed E-state index contributed by atoms with van der Waals surface area (Å²) in [6.07, 6.45) is 10.6. The van der Waals surface area contributed by atoms with Gasteiger partial charge in [-0.25, -0.2) is 0 Å². The molecule has 0 aliphatic heterocycles. The predicted octanol–water partition coefficient (Wildman–Crippen LogP) is 10.4. The first-order valence-electron chi connectivity index (χ1n) is 22.1. The van der Waals surface area contributed by atoms with Crippen molar-refractivity contribution in [3.8, 4) is 0 Å². The summed E-state index contributed by atoms with van der Waals surface area (Å²) < 4.78 is 6.44. The maximum Gasteiger partial charge on any atom is 0.309 e. The van der Waals surface area contributed by atoms with Gasteiger partial charge in [0, 0.05) is 29.2 Å². The molecular formula is C49H68N2O5. The van der Waals surface area contributed by atoms with Crippen LogP contribution in [-0.4, -0.2) is 40.5 Å². The van der Waals surface area contributed by atoms with Crippen LogP contribution in [0.25, 0.3) is 10.9 Å². The van der Waals surface area contributed by atoms with Gasteiger partial charge in [-0.2, -0.15) is 0 Å². The summed E-state index contributed by atoms with van der Waals surface area (Å²) in [6.45, 7) is 22.4. The third-order valence-corrected chi connectivity index (χ3v) is 18.4. The Morgan fingerprint density at radius 2 is 1.61 bits per heavy atom. The number of aromatic nitrogens is 1. The Balaban J connectivity index is 1.01. The van der Waals surface area contributed by atoms with Crippen LogP contribution in [0.3, 0.4) is 0 Å². The highest BCUT2D eigenvalue weighted by molar-refractivity contribution is 6.00. The number of hydrogen-bond acceptors (Lipinski definition) is 6. The number of nitrogens with one attached hydrogen (secondary N) is 1. The Kier molecular flexibility index (Phi) is 9.58. The van der Waals surface area contributed by atoms with Crippen molar-refractivity contribution >= 4 is 28.6 Å². The normalized spacial score (nSPS) is 39.6. The van der Waals surface area contributed by atoms with Gasteiger partial charge in [0.25, 0.3) is 0 Å². The lowest BCUT2D eigenvalue weighted by Crippen LogP contribution is -2.66. The highest BCUT2D eigenvalue weighted by Gasteiger charge is 2.70. The second kappa shape index (κ2) is 13.5. The zero-order chi connectivity index (χ0) is 40.2. The Morgan fingerprint density at radius 1 is 0.857 bits per heavy atom. The lowest BCUT2D eigenvalue weighted by molar-refractivity contribution is -0.236. The van der Waals surface area contributed by atoms with Crippen LogP contribution in [0.15, 0.2) is 47.5 Å². The summed E-state index contributed by atoms with van der Waals surface area (Å²) >= 11 is 0. The van der Waals surface area contributed by atoms with Gasteiger partial charge in [-0.15, -0.1) is 0 Å². The summed E-state index contributed by atoms with van der Waals surface area (Å²) in [6, 6.07) is 12.6. The number of carbonyl (C=O) groups is 3. The van der Waals surface area contributed by atoms with E-state index in [1.807, 2.05) is 19.9 Å². The molecule has 6 aliphatic carbocycles. The van der Waals surface area contributed by atoms with Crippen molar-refractivity contribution in [3.05, 3.63) is 53.2 Å². The number of benzene rings is 1. The number of hydrogen-bond donors (Lipinski definition) is 2. The lowest BCUT2D eigenvalue weighted by Gasteiger charge is -2.72. The van der Waals surface area contributed by atoms with Crippen LogP contribution in [0.5, 0.6) is 0 Å². The number of pyridine rings is 1. The number of ether oxygens (including phenoxy) is 1. The van der Waals surface area contributed by atoms with Crippen molar-refractivity contribution in [2.75, 3.05) is 6.54 Å². The van der Waals surface area contributed by atoms with E-state index in [9.17, 15) is 19.5 Å². The van der Waals surface area contributed by atoms with E-state index in [2.05, 4.69) is 84.1 Å². The zero-order valence-electron chi connectivity index (χ0n) is 35.7. The molecule has 2 aromatic rings. The van der Waals surface area contributed by atoms with Gasteiger partial charge < -0.3 is 15.2 Å². The number of ketones is 1. The standard InChI is InChI=1S/C49H68N2O5/c1-29(2)40-36(52)27-49(24-25-50-28-31-15-14-30-12-10-11-13-35(30)51-31)23-22-47(8)32(41(40)49)16-17-38-46(7)20-19-39(45(5,6)37(46)18-21-48(38,47)9)56-43(55)34-26-33(42(53)54)44(34,3)4/h10-15,29,32-34,37-39,50H,16-28H2,1-9H3,(H,53,54)/t32-,33+,34-,37+,38-,39+,46+,47-,48-,49-/m1/s1. The molecule has 0 radical (unpaired) electrons. The molecule has 5 saturated carbocycles. The molecule has 304 valence electrons. The number of rotatable bonds is 9. The van der Waals surface area contributed by atoms with Gasteiger partial charge in [0.15, 0.2) is 5.78 Å². The quantitative estimate of drug-likeness (QED) is 0.193. The number of carboxylic acids is 1. The molecule has 0 amide bonds. The highest BCUT2D eigenvalue weighted by atomic mass is 16.5. The number of para-hydroxylation sites is 1. The zero-order valence-corrected chi connectivity index (χ0v) is 35.7. The number of fused-ring (bicyclic) bond motifs is 8. The van der Waals surface area contributed by atoms with Crippen LogP contribution in [0, 0.1) is 68.0 Å². The fourth-order valence-corrected chi connectivity index (χ4v) is 15.0. The van der Waals surface area contributed by atoms with Crippen molar-refractivity contribution < 1.29 is 24.2 Å². The third-order valence-electron chi connectivity index (χ3n) is 18.4. The number of Topliss-reactive ketones (excluding diaryl/α,β-unsaturated/α-hetero) is 1. The minimum absolute atomic E-state index is 0.0572. The molecule has 6 aliphatic rings. The van der Waals surface area contributed by atoms with Crippen molar-refractivity contribution in [1.29, 1.82) is 0 Å². The monoisotopic (exact) mass is 765 g/mol. The van der Waals surface area contributed by atoms with E-state index < -0.39 is 17.3 Å². The Hall–Kier alpha value is -3.06. The largest absolute Gasteiger partial charge is 0.481 e. The SMILES string of the molecule is CC(C)C1=C2[C@H]3CC[C@@H]4[C@@]5(C)CC[C@H](OC(=O)[C@H]6C[C@@H](C(=O)O)C6(C)C)C(C)(C)[C@@H]5CC[C@@]4(C)[C@]3(C)CC[C@@]2(CCNCc2ccc3ccccc3n2)CC1=O. The first-order valence-corrected chi connectivity index (χ1v) is 22.1. The number of aliphatic carboxylic acids is 1. The van der Waals surface area contributed by atoms with Gasteiger partial charge in [0.05, 0.1) is 23.0 Å². The van der Waals surface area contributed by atoms with Crippen LogP contribution in [-0.2, 0) is 25.7 Å². The first kappa shape index (κ1) is 39.8. The molecule has 7 heteroatoms. The molecule has 0 spiro atoms. The van der Waals surface area contributed by atoms with Crippen LogP contribution in [0.1, 0.15) is 139 Å². The van der Waals surface area contributed by atoms with E-state index in [4.69, 9.17) is 9.72 Å². The fraction of sp³-hybridized carbons (Fsp3) is 0.714. The minimum atomic E-state index is -0.816. The number of carbonyl (C=O) groups excluding carboxylic acids is 2. The fourth-order valence-electron chi connectivity index (χ4n) is 15.0. The summed E-state index contributed by atoms with van der Waals surface area (Å²) in [4.78, 5) is 44.4. The van der Waals surface area contributed by atoms with Crippen LogP contribution in [0.4, 0.5) is 0 Å². The van der Waals surface area contributed by atoms with E-state index >= 15 is 0 Å². The Labute approximate surface area is 335 Å². The molecule has 56 heavy (non-hydrogen) atoms. The van der Waals surface area contributed by atoms with Crippen molar-refractivity contribution in [2.24, 2.45) is 68.0 Å². The van der Waals surface area contributed by atoms with E-state index in [1.165, 1.54) is 6.42 Å². The van der Waals surface area contributed by atoms with E-state index in [0.717, 1.165) is 86.6 Å². The van der Waals surface area contributed by atoms with Crippen LogP contribution in [0.2, 0.25) is 0 Å². The Bertz CT molecular complexity index is 1960. The topological polar surface area (TPSA) is 106 Å². The van der Waals surface area contributed by atoms with Crippen LogP contribution >= 0.6 is 0 Å². The van der Waals surface area contributed by atoms with E-state index in [0.29, 0.717) is 36.4 Å². The second-order valence-electron chi connectivity index (χ2n) is 21.7. The maximum absolute atomic E-state index is 14.1. The molecule has 8 rings (SSSR count). The average Bonchev–Trinajstić information content (AvgIpc) is 3.43. The lowest BCUT2D eigenvalue weighted by atomic mass is 9.33. The highest BCUT2D eigenvalue weighted by Crippen LogP contribution is 2.77. The molecule has 1 aromatic carbocycles. The minimum Gasteiger partial charge on any atom is -0.481 e. The smallest absolute Gasteiger partial charge is 0.309 e. The van der Waals surface area contributed by atoms with Crippen molar-refractivity contribution in [3.63, 3.8) is 0 Å². The summed E-state index contributed by atoms with van der Waals surface area (Å²) in [5.74, 6) is 0.187. The van der Waals surface area contributed by atoms with Crippen LogP contribution < -0.4 is 5.32 Å². The predicted molar refractivity (Wildman–Crippen MR) is 220 cm³/mol. The average molecular weight is 765 g/mol. The molecule has 5 fully saturated rings. The molecule has 1 aromatic heterocycles. The Morgan fingerprint density at radius 3 is 2.32 bits per heavy atom. The van der Waals surface area contributed by atoms with Gasteiger partial charge in [-0.3, -0.25) is 19.4 Å². The molecular weight excluding hydrogens is 697 g/mol. The molecule has 10 atom stereocenters. The number of carboxylic acid groups (broad SMARTS) is 1. The van der Waals surface area contributed by atoms with Gasteiger partial charge in [-0.05, 0) is 134 Å². The molecule has 0 saturated heterocycles. The van der Waals surface area contributed by atoms with Gasteiger partial charge in [-0.1, -0.05) is 92.2 Å². The van der Waals surface area contributed by atoms with Gasteiger partial charge in [0.1, 0.15) is 6.10 Å². The summed E-state index contributed by atoms with van der Waals surface area (Å²) in [5, 5.41) is 14.6. The number of nitrogens with zero attached hydrogens (tertiary/aromatic N) is 1. The molecule has 1 heterocycles. The number of esters is 1. The first-order chi connectivity index (χ1) is 26.3. The third kappa shape index (κ3) is 5.73. The summed E-state index contributed by atoms with van der Waals surface area (Å²) in [5.41, 5.74) is 4.36. The van der Waals surface area contributed by atoms with E-state index in [1.54, 1.807) is 5.57 Å². The molecule has 0 unspecified atom stereocenters. The molecule has 2 N–H and O–H groups in total. The molecule has 7 nitrogen and oxygen atoms in total. The van der Waals surface area contributed by atoms with Gasteiger partial charge >= 0.3 is 11.9 Å². The van der Waals surface area contributed by atoms with Crippen molar-refractivity contribution in [1.82, 2.24) is 10.3 Å². The van der Waals surface area contributed by atoms with Crippen molar-refractivity contribution in [2.45, 2.75) is 146 Å². The maximum atomic E-state index is 14.1. The van der Waals surface area contributed by atoms with Gasteiger partial charge in [0.2, 0.25) is 0 Å². The van der Waals surface area contributed by atoms with E-state index in [-0.39, 0.29) is 51.0 Å². The summed E-state index contributed by atoms with van der Waals surface area (Å²) in [7, 11) is 0. The second-order valence-corrected chi connectivity index (χ2v) is 21.7.